The largest absolute Gasteiger partial charge is 0.422 e. The number of hydrogen-bond acceptors (Lipinski definition) is 11. The Hall–Kier alpha value is -3.38. The lowest BCUT2D eigenvalue weighted by atomic mass is 10.0. The van der Waals surface area contributed by atoms with Crippen LogP contribution in [0.15, 0.2) is 46.9 Å². The molecule has 3 heterocycles. The van der Waals surface area contributed by atoms with Crippen molar-refractivity contribution in [2.24, 2.45) is 0 Å². The average Bonchev–Trinajstić information content (AvgIpc) is 3.47. The normalized spacial score (nSPS) is 15.9. The first-order chi connectivity index (χ1) is 18.4. The molecule has 0 aliphatic carbocycles. The summed E-state index contributed by atoms with van der Waals surface area (Å²) in [5, 5.41) is 6.42. The molecule has 2 aromatic carbocycles. The minimum absolute atomic E-state index is 0.0391. The third-order valence-electron chi connectivity index (χ3n) is 5.75. The molecule has 0 bridgehead atoms. The summed E-state index contributed by atoms with van der Waals surface area (Å²) in [5.41, 5.74) is 4.53. The molecule has 5 rings (SSSR count). The number of hydrogen-bond donors (Lipinski definition) is 3. The van der Waals surface area contributed by atoms with Gasteiger partial charge in [0.1, 0.15) is 5.01 Å². The maximum absolute atomic E-state index is 13.2. The van der Waals surface area contributed by atoms with Crippen LogP contribution in [0.5, 0.6) is 0 Å². The molecule has 1 aliphatic heterocycles. The topological polar surface area (TPSA) is 164 Å². The molecule has 0 radical (unpaired) electrons. The van der Waals surface area contributed by atoms with Crippen molar-refractivity contribution in [1.29, 1.82) is 0 Å². The van der Waals surface area contributed by atoms with Gasteiger partial charge in [-0.3, -0.25) is 4.79 Å². The number of benzene rings is 2. The van der Waals surface area contributed by atoms with Gasteiger partial charge in [0.15, 0.2) is 15.1 Å². The maximum Gasteiger partial charge on any atom is 0.282 e. The first-order valence-electron chi connectivity index (χ1n) is 11.2. The van der Waals surface area contributed by atoms with Crippen LogP contribution in [0.3, 0.4) is 0 Å². The standard InChI is InChI=1S/C22H20F2N6O6S3/c1-39(34,35)18(19-28-27-17(36-19)9-25-29-38(32)33)20-26-15-6-5-13(8-16(15)37-20)12-3-2-4-14(7-12)21(31)30-10-22(23,24)11-30/h2-8,18,25,38H,9-11H2,1H3,(H,29,32,33). The van der Waals surface area contributed by atoms with E-state index in [4.69, 9.17) is 4.42 Å². The first kappa shape index (κ1) is 27.2. The SMILES string of the molecule is CS(=O)(=O)C(c1nnc(CNN[SH](=O)=O)o1)c1nc2ccc(-c3cccc(C(=O)N4CC(F)(F)C4)c3)cc2s1. The molecule has 1 aliphatic rings. The summed E-state index contributed by atoms with van der Waals surface area (Å²) < 4.78 is 79.1. The molecule has 4 aromatic rings. The highest BCUT2D eigenvalue weighted by atomic mass is 32.2. The molecule has 2 N–H and O–H groups in total. The number of likely N-dealkylation sites (tertiary alicyclic amines) is 1. The smallest absolute Gasteiger partial charge is 0.282 e. The number of aromatic nitrogens is 3. The Morgan fingerprint density at radius 3 is 2.62 bits per heavy atom. The second-order valence-corrected chi connectivity index (χ2v) is 12.7. The number of alkyl halides is 2. The number of carbonyl (C=O) groups is 1. The van der Waals surface area contributed by atoms with Crippen molar-refractivity contribution in [2.45, 2.75) is 17.7 Å². The van der Waals surface area contributed by atoms with E-state index in [0.29, 0.717) is 21.3 Å². The molecule has 1 amide bonds. The number of carbonyl (C=O) groups excluding carboxylic acids is 1. The van der Waals surface area contributed by atoms with Crippen molar-refractivity contribution in [3.05, 3.63) is 64.8 Å². The van der Waals surface area contributed by atoms with E-state index in [1.807, 2.05) is 4.83 Å². The molecule has 1 atom stereocenters. The number of nitrogens with zero attached hydrogens (tertiary/aromatic N) is 4. The third kappa shape index (κ3) is 5.96. The number of thiol groups is 1. The molecule has 39 heavy (non-hydrogen) atoms. The van der Waals surface area contributed by atoms with Crippen LogP contribution in [0.25, 0.3) is 21.3 Å². The van der Waals surface area contributed by atoms with Crippen molar-refractivity contribution in [3.63, 3.8) is 0 Å². The van der Waals surface area contributed by atoms with Crippen LogP contribution in [0.4, 0.5) is 8.78 Å². The van der Waals surface area contributed by atoms with Crippen LogP contribution in [0.1, 0.15) is 32.4 Å². The molecule has 1 saturated heterocycles. The monoisotopic (exact) mass is 598 g/mol. The fourth-order valence-electron chi connectivity index (χ4n) is 4.00. The van der Waals surface area contributed by atoms with E-state index < -0.39 is 50.9 Å². The van der Waals surface area contributed by atoms with Gasteiger partial charge in [0.05, 0.1) is 29.9 Å². The van der Waals surface area contributed by atoms with E-state index in [9.17, 15) is 30.4 Å². The highest BCUT2D eigenvalue weighted by Gasteiger charge is 2.46. The van der Waals surface area contributed by atoms with Gasteiger partial charge >= 0.3 is 0 Å². The minimum atomic E-state index is -3.81. The second kappa shape index (κ2) is 10.3. The quantitative estimate of drug-likeness (QED) is 0.191. The zero-order chi connectivity index (χ0) is 27.9. The van der Waals surface area contributed by atoms with E-state index in [-0.39, 0.29) is 28.9 Å². The summed E-state index contributed by atoms with van der Waals surface area (Å²) >= 11 is 1.11. The fraction of sp³-hybridized carbons (Fsp3) is 0.273. The lowest BCUT2D eigenvalue weighted by molar-refractivity contribution is -0.113. The Labute approximate surface area is 226 Å². The van der Waals surface area contributed by atoms with Gasteiger partial charge in [-0.25, -0.2) is 36.0 Å². The Balaban J connectivity index is 1.42. The Kier molecular flexibility index (Phi) is 7.19. The Bertz CT molecular complexity index is 1740. The van der Waals surface area contributed by atoms with Gasteiger partial charge in [-0.2, -0.15) is 4.83 Å². The molecule has 0 spiro atoms. The highest BCUT2D eigenvalue weighted by molar-refractivity contribution is 7.91. The summed E-state index contributed by atoms with van der Waals surface area (Å²) in [5.74, 6) is -3.60. The Morgan fingerprint density at radius 2 is 1.92 bits per heavy atom. The van der Waals surface area contributed by atoms with Gasteiger partial charge < -0.3 is 9.32 Å². The van der Waals surface area contributed by atoms with Crippen molar-refractivity contribution >= 4 is 48.2 Å². The number of amides is 1. The molecule has 0 saturated carbocycles. The number of sulfone groups is 1. The predicted octanol–water partition coefficient (Wildman–Crippen LogP) is 1.69. The van der Waals surface area contributed by atoms with E-state index in [1.54, 1.807) is 42.5 Å². The molecular weight excluding hydrogens is 578 g/mol. The van der Waals surface area contributed by atoms with Gasteiger partial charge in [0, 0.05) is 11.8 Å². The van der Waals surface area contributed by atoms with E-state index in [0.717, 1.165) is 22.5 Å². The number of thiazole rings is 1. The molecule has 12 nitrogen and oxygen atoms in total. The van der Waals surface area contributed by atoms with E-state index in [2.05, 4.69) is 20.6 Å². The molecule has 1 fully saturated rings. The second-order valence-electron chi connectivity index (χ2n) is 8.80. The van der Waals surface area contributed by atoms with Crippen LogP contribution in [0.2, 0.25) is 0 Å². The molecule has 17 heteroatoms. The Morgan fingerprint density at radius 1 is 1.18 bits per heavy atom. The van der Waals surface area contributed by atoms with Crippen LogP contribution < -0.4 is 10.3 Å². The zero-order valence-corrected chi connectivity index (χ0v) is 22.5. The maximum atomic E-state index is 13.2. The zero-order valence-electron chi connectivity index (χ0n) is 20.0. The summed E-state index contributed by atoms with van der Waals surface area (Å²) in [6.45, 7) is -1.38. The number of halogens is 2. The summed E-state index contributed by atoms with van der Waals surface area (Å²) in [6.07, 6.45) is 1.01. The number of nitrogens with one attached hydrogen (secondary N) is 2. The highest BCUT2D eigenvalue weighted by Crippen LogP contribution is 2.36. The van der Waals surface area contributed by atoms with Gasteiger partial charge in [-0.1, -0.05) is 18.2 Å². The van der Waals surface area contributed by atoms with Crippen molar-refractivity contribution < 1.29 is 34.8 Å². The molecule has 2 aromatic heterocycles. The minimum Gasteiger partial charge on any atom is -0.422 e. The van der Waals surface area contributed by atoms with Crippen LogP contribution in [-0.4, -0.2) is 68.1 Å². The molecule has 206 valence electrons. The molecular formula is C22H20F2N6O6S3. The summed E-state index contributed by atoms with van der Waals surface area (Å²) in [7, 11) is -6.71. The van der Waals surface area contributed by atoms with E-state index in [1.165, 1.54) is 0 Å². The first-order valence-corrected chi connectivity index (χ1v) is 15.2. The molecule has 1 unspecified atom stereocenters. The van der Waals surface area contributed by atoms with Crippen LogP contribution in [0, 0.1) is 0 Å². The van der Waals surface area contributed by atoms with Crippen LogP contribution in [-0.2, 0) is 27.3 Å². The lowest BCUT2D eigenvalue weighted by Crippen LogP contribution is -2.58. The van der Waals surface area contributed by atoms with Gasteiger partial charge in [-0.15, -0.1) is 21.5 Å². The van der Waals surface area contributed by atoms with Gasteiger partial charge in [0.2, 0.25) is 22.7 Å². The van der Waals surface area contributed by atoms with Crippen molar-refractivity contribution in [3.8, 4) is 11.1 Å². The van der Waals surface area contributed by atoms with Crippen molar-refractivity contribution in [2.75, 3.05) is 19.3 Å². The predicted molar refractivity (Wildman–Crippen MR) is 137 cm³/mol. The summed E-state index contributed by atoms with van der Waals surface area (Å²) in [6, 6.07) is 11.9. The van der Waals surface area contributed by atoms with Gasteiger partial charge in [-0.05, 0) is 35.4 Å². The van der Waals surface area contributed by atoms with Crippen molar-refractivity contribution in [1.82, 2.24) is 30.3 Å². The lowest BCUT2D eigenvalue weighted by Gasteiger charge is -2.38. The number of fused-ring (bicyclic) bond motifs is 1. The third-order valence-corrected chi connectivity index (χ3v) is 8.60. The number of rotatable bonds is 9. The fourth-order valence-corrected chi connectivity index (χ4v) is 6.74. The van der Waals surface area contributed by atoms with Crippen LogP contribution >= 0.6 is 11.3 Å². The number of hydrazine groups is 1. The summed E-state index contributed by atoms with van der Waals surface area (Å²) in [4.78, 5) is 20.1. The van der Waals surface area contributed by atoms with Gasteiger partial charge in [0.25, 0.3) is 11.8 Å². The average molecular weight is 599 g/mol. The van der Waals surface area contributed by atoms with E-state index >= 15 is 0 Å².